The molecule has 0 radical (unpaired) electrons. The van der Waals surface area contributed by atoms with Crippen LogP contribution in [0.2, 0.25) is 0 Å². The Bertz CT molecular complexity index is 1220. The fourth-order valence-electron chi connectivity index (χ4n) is 3.46. The van der Waals surface area contributed by atoms with E-state index in [4.69, 9.17) is 9.47 Å². The fraction of sp³-hybridized carbons (Fsp3) is 0.304. The molecule has 32 heavy (non-hydrogen) atoms. The first kappa shape index (κ1) is 23.3. The zero-order valence-corrected chi connectivity index (χ0v) is 19.6. The number of benzene rings is 2. The van der Waals surface area contributed by atoms with Gasteiger partial charge in [-0.2, -0.15) is 0 Å². The average Bonchev–Trinajstić information content (AvgIpc) is 3.00. The summed E-state index contributed by atoms with van der Waals surface area (Å²) in [5.41, 5.74) is 3.90. The third kappa shape index (κ3) is 4.77. The van der Waals surface area contributed by atoms with Crippen LogP contribution in [0.5, 0.6) is 11.5 Å². The minimum absolute atomic E-state index is 0.173. The number of nitrogens with one attached hydrogen (secondary N) is 2. The van der Waals surface area contributed by atoms with Gasteiger partial charge >= 0.3 is 0 Å². The fourth-order valence-corrected chi connectivity index (χ4v) is 4.97. The number of nitrogens with zero attached hydrogens (tertiary/aromatic N) is 1. The molecule has 0 fully saturated rings. The van der Waals surface area contributed by atoms with Gasteiger partial charge in [0.1, 0.15) is 17.3 Å². The number of ether oxygens (including phenoxy) is 2. The maximum absolute atomic E-state index is 12.7. The molecule has 9 heteroatoms. The number of amidine groups is 1. The van der Waals surface area contributed by atoms with Gasteiger partial charge in [-0.05, 0) is 43.5 Å². The molecule has 170 valence electrons. The zero-order chi connectivity index (χ0) is 23.5. The van der Waals surface area contributed by atoms with Crippen LogP contribution in [0.4, 0.5) is 0 Å². The highest BCUT2D eigenvalue weighted by Crippen LogP contribution is 2.31. The van der Waals surface area contributed by atoms with Gasteiger partial charge in [0.25, 0.3) is 10.0 Å². The number of hydrogen-bond acceptors (Lipinski definition) is 6. The van der Waals surface area contributed by atoms with Crippen molar-refractivity contribution in [3.63, 3.8) is 0 Å². The van der Waals surface area contributed by atoms with E-state index < -0.39 is 10.0 Å². The number of aryl methyl sites for hydroxylation is 2. The number of amides is 1. The van der Waals surface area contributed by atoms with Gasteiger partial charge in [-0.15, -0.1) is 0 Å². The summed E-state index contributed by atoms with van der Waals surface area (Å²) >= 11 is 0. The summed E-state index contributed by atoms with van der Waals surface area (Å²) in [4.78, 5) is 16.7. The van der Waals surface area contributed by atoms with Gasteiger partial charge in [-0.1, -0.05) is 30.3 Å². The molecule has 3 rings (SSSR count). The lowest BCUT2D eigenvalue weighted by molar-refractivity contribution is -0.119. The van der Waals surface area contributed by atoms with Gasteiger partial charge in [0.05, 0.1) is 14.2 Å². The monoisotopic (exact) mass is 457 g/mol. The van der Waals surface area contributed by atoms with Crippen LogP contribution in [0.15, 0.2) is 47.0 Å². The van der Waals surface area contributed by atoms with E-state index in [2.05, 4.69) is 15.0 Å². The smallest absolute Gasteiger partial charge is 0.264 e. The van der Waals surface area contributed by atoms with Crippen LogP contribution in [0, 0.1) is 13.8 Å². The van der Waals surface area contributed by atoms with E-state index in [0.29, 0.717) is 22.6 Å². The molecule has 0 aromatic heterocycles. The van der Waals surface area contributed by atoms with Crippen molar-refractivity contribution < 1.29 is 22.7 Å². The molecular weight excluding hydrogens is 430 g/mol. The van der Waals surface area contributed by atoms with E-state index in [9.17, 15) is 13.2 Å². The molecule has 0 unspecified atom stereocenters. The molecular formula is C23H27N3O5S. The molecule has 1 heterocycles. The Morgan fingerprint density at radius 2 is 1.81 bits per heavy atom. The molecule has 2 aromatic rings. The van der Waals surface area contributed by atoms with Gasteiger partial charge in [0, 0.05) is 17.7 Å². The van der Waals surface area contributed by atoms with Gasteiger partial charge in [0.15, 0.2) is 11.5 Å². The highest BCUT2D eigenvalue weighted by molar-refractivity contribution is 8.00. The van der Waals surface area contributed by atoms with Crippen LogP contribution in [0.25, 0.3) is 4.91 Å². The molecule has 0 saturated heterocycles. The van der Waals surface area contributed by atoms with E-state index in [1.165, 1.54) is 7.11 Å². The molecule has 0 spiro atoms. The standard InChI is InChI=1S/C23H27N3O5S/c1-14-9-10-17(11-15(14)2)22-16(3)23(26-32(22,28)29)25-13-20(27)24-12-18-7-6-8-19(30-4)21(18)31-5/h6-11H,12-13H2,1-5H3,(H,24,27)(H,25,26). The second-order valence-corrected chi connectivity index (χ2v) is 9.07. The molecule has 0 aliphatic carbocycles. The summed E-state index contributed by atoms with van der Waals surface area (Å²) in [5, 5.41) is 2.77. The second-order valence-electron chi connectivity index (χ2n) is 7.45. The van der Waals surface area contributed by atoms with Crippen LogP contribution >= 0.6 is 0 Å². The molecule has 1 aliphatic rings. The summed E-state index contributed by atoms with van der Waals surface area (Å²) in [5.74, 6) is 0.933. The van der Waals surface area contributed by atoms with Crippen molar-refractivity contribution in [3.8, 4) is 11.5 Å². The van der Waals surface area contributed by atoms with Crippen molar-refractivity contribution in [3.05, 3.63) is 64.2 Å². The van der Waals surface area contributed by atoms with Crippen molar-refractivity contribution in [2.45, 2.75) is 27.3 Å². The van der Waals surface area contributed by atoms with Crippen molar-refractivity contribution in [2.75, 3.05) is 20.8 Å². The topological polar surface area (TPSA) is 106 Å². The molecule has 0 saturated carbocycles. The van der Waals surface area contributed by atoms with Crippen molar-refractivity contribution in [1.82, 2.24) is 10.0 Å². The van der Waals surface area contributed by atoms with E-state index in [1.54, 1.807) is 32.2 Å². The first-order chi connectivity index (χ1) is 15.2. The molecule has 0 bridgehead atoms. The summed E-state index contributed by atoms with van der Waals surface area (Å²) < 4.78 is 38.5. The third-order valence-corrected chi connectivity index (χ3v) is 6.85. The summed E-state index contributed by atoms with van der Waals surface area (Å²) in [7, 11) is -0.677. The van der Waals surface area contributed by atoms with Crippen LogP contribution < -0.4 is 19.5 Å². The Kier molecular flexibility index (Phi) is 6.88. The molecule has 1 amide bonds. The van der Waals surface area contributed by atoms with Crippen LogP contribution in [0.3, 0.4) is 0 Å². The minimum Gasteiger partial charge on any atom is -0.493 e. The maximum Gasteiger partial charge on any atom is 0.264 e. The number of rotatable bonds is 7. The zero-order valence-electron chi connectivity index (χ0n) is 18.8. The molecule has 1 aliphatic heterocycles. The quantitative estimate of drug-likeness (QED) is 0.665. The van der Waals surface area contributed by atoms with Crippen LogP contribution in [-0.2, 0) is 21.4 Å². The Morgan fingerprint density at radius 3 is 2.47 bits per heavy atom. The second kappa shape index (κ2) is 9.44. The lowest BCUT2D eigenvalue weighted by Gasteiger charge is -2.12. The highest BCUT2D eigenvalue weighted by atomic mass is 32.2. The minimum atomic E-state index is -3.75. The number of carbonyl (C=O) groups is 1. The highest BCUT2D eigenvalue weighted by Gasteiger charge is 2.32. The van der Waals surface area contributed by atoms with Crippen LogP contribution in [0.1, 0.15) is 29.2 Å². The van der Waals surface area contributed by atoms with Crippen molar-refractivity contribution >= 4 is 26.7 Å². The molecule has 2 N–H and O–H groups in total. The predicted molar refractivity (Wildman–Crippen MR) is 124 cm³/mol. The summed E-state index contributed by atoms with van der Waals surface area (Å²) in [6.07, 6.45) is 0. The SMILES string of the molecule is COc1cccc(CNC(=O)CN=C2NS(=O)(=O)C(c3ccc(C)c(C)c3)=C2C)c1OC. The van der Waals surface area contributed by atoms with Gasteiger partial charge in [-0.25, -0.2) is 8.42 Å². The normalized spacial score (nSPS) is 16.1. The summed E-state index contributed by atoms with van der Waals surface area (Å²) in [6.45, 7) is 5.58. The first-order valence-electron chi connectivity index (χ1n) is 10.0. The average molecular weight is 458 g/mol. The number of methoxy groups -OCH3 is 2. The van der Waals surface area contributed by atoms with Gasteiger partial charge in [0.2, 0.25) is 5.91 Å². The molecule has 8 nitrogen and oxygen atoms in total. The largest absolute Gasteiger partial charge is 0.493 e. The Morgan fingerprint density at radius 1 is 1.06 bits per heavy atom. The number of para-hydroxylation sites is 1. The predicted octanol–water partition coefficient (Wildman–Crippen LogP) is 2.70. The first-order valence-corrected chi connectivity index (χ1v) is 11.5. The number of sulfonamides is 1. The Labute approximate surface area is 188 Å². The third-order valence-electron chi connectivity index (χ3n) is 5.31. The number of hydrogen-bond donors (Lipinski definition) is 2. The summed E-state index contributed by atoms with van der Waals surface area (Å²) in [6, 6.07) is 10.9. The maximum atomic E-state index is 12.7. The van der Waals surface area contributed by atoms with Crippen molar-refractivity contribution in [1.29, 1.82) is 0 Å². The van der Waals surface area contributed by atoms with E-state index >= 15 is 0 Å². The van der Waals surface area contributed by atoms with Gasteiger partial charge < -0.3 is 14.8 Å². The van der Waals surface area contributed by atoms with E-state index in [0.717, 1.165) is 16.7 Å². The lowest BCUT2D eigenvalue weighted by atomic mass is 10.0. The number of carbonyl (C=O) groups excluding carboxylic acids is 1. The van der Waals surface area contributed by atoms with Gasteiger partial charge in [-0.3, -0.25) is 14.5 Å². The molecule has 2 aromatic carbocycles. The van der Waals surface area contributed by atoms with E-state index in [1.807, 2.05) is 32.0 Å². The lowest BCUT2D eigenvalue weighted by Crippen LogP contribution is -2.28. The number of aliphatic imine (C=N–C) groups is 1. The van der Waals surface area contributed by atoms with E-state index in [-0.39, 0.29) is 29.7 Å². The Hall–Kier alpha value is -3.33. The Balaban J connectivity index is 1.74. The van der Waals surface area contributed by atoms with Crippen LogP contribution in [-0.4, -0.2) is 40.9 Å². The van der Waals surface area contributed by atoms with Crippen molar-refractivity contribution in [2.24, 2.45) is 4.99 Å². The molecule has 0 atom stereocenters.